The zero-order chi connectivity index (χ0) is 21.7. The fourth-order valence-electron chi connectivity index (χ4n) is 2.68. The molecule has 1 aromatic heterocycles. The molecular weight excluding hydrogens is 426 g/mol. The number of nitrogens with zero attached hydrogens (tertiary/aromatic N) is 4. The van der Waals surface area contributed by atoms with E-state index in [4.69, 9.17) is 11.6 Å². The van der Waals surface area contributed by atoms with Crippen LogP contribution < -0.4 is 5.32 Å². The Kier molecular flexibility index (Phi) is 6.86. The summed E-state index contributed by atoms with van der Waals surface area (Å²) in [5, 5.41) is 23.3. The normalized spacial score (nSPS) is 10.6. The maximum Gasteiger partial charge on any atom is 0.271 e. The van der Waals surface area contributed by atoms with E-state index in [1.807, 2.05) is 16.7 Å². The first-order valence-corrected chi connectivity index (χ1v) is 10.2. The van der Waals surface area contributed by atoms with Crippen molar-refractivity contribution in [1.29, 1.82) is 0 Å². The van der Waals surface area contributed by atoms with Gasteiger partial charge in [0.1, 0.15) is 0 Å². The number of carbonyl (C=O) groups is 1. The van der Waals surface area contributed by atoms with Crippen molar-refractivity contribution < 1.29 is 9.72 Å². The lowest BCUT2D eigenvalue weighted by atomic mass is 10.2. The van der Waals surface area contributed by atoms with E-state index in [0.29, 0.717) is 28.2 Å². The number of rotatable bonds is 8. The van der Waals surface area contributed by atoms with Gasteiger partial charge in [-0.3, -0.25) is 19.5 Å². The summed E-state index contributed by atoms with van der Waals surface area (Å²) in [5.74, 6) is 0.409. The number of carbonyl (C=O) groups excluding carboxylic acids is 1. The van der Waals surface area contributed by atoms with Crippen molar-refractivity contribution in [3.63, 3.8) is 0 Å². The highest BCUT2D eigenvalue weighted by Gasteiger charge is 2.16. The summed E-state index contributed by atoms with van der Waals surface area (Å²) in [6, 6.07) is 11.6. The largest absolute Gasteiger partial charge is 0.325 e. The van der Waals surface area contributed by atoms with Gasteiger partial charge in [0.25, 0.3) is 5.69 Å². The summed E-state index contributed by atoms with van der Waals surface area (Å²) < 4.78 is 1.85. The Hall–Kier alpha value is -3.17. The number of aromatic nitrogens is 3. The molecule has 30 heavy (non-hydrogen) atoms. The Morgan fingerprint density at radius 2 is 2.03 bits per heavy atom. The number of nitro groups is 1. The van der Waals surface area contributed by atoms with Crippen molar-refractivity contribution in [2.45, 2.75) is 18.6 Å². The second-order valence-electron chi connectivity index (χ2n) is 6.31. The molecule has 0 bridgehead atoms. The van der Waals surface area contributed by atoms with E-state index < -0.39 is 4.92 Å². The number of amides is 1. The molecule has 0 aliphatic heterocycles. The zero-order valence-corrected chi connectivity index (χ0v) is 17.6. The fourth-order valence-corrected chi connectivity index (χ4v) is 3.55. The molecule has 3 aromatic rings. The number of anilines is 1. The van der Waals surface area contributed by atoms with Crippen LogP contribution in [-0.2, 0) is 11.3 Å². The predicted molar refractivity (Wildman–Crippen MR) is 118 cm³/mol. The molecule has 0 saturated heterocycles. The monoisotopic (exact) mass is 443 g/mol. The van der Waals surface area contributed by atoms with Crippen LogP contribution in [0.25, 0.3) is 11.4 Å². The third-order valence-electron chi connectivity index (χ3n) is 4.17. The first-order valence-electron chi connectivity index (χ1n) is 8.86. The van der Waals surface area contributed by atoms with Gasteiger partial charge in [0.05, 0.1) is 16.4 Å². The standard InChI is InChI=1S/C20H18ClN5O3S/c1-3-10-25-19(14-5-7-15(21)8-6-14)23-24-20(25)30-12-18(27)22-17-11-16(26(28)29)9-4-13(17)2/h3-9,11H,1,10,12H2,2H3,(H,22,27). The van der Waals surface area contributed by atoms with Gasteiger partial charge in [0.2, 0.25) is 5.91 Å². The molecule has 154 valence electrons. The third kappa shape index (κ3) is 5.05. The zero-order valence-electron chi connectivity index (χ0n) is 16.0. The SMILES string of the molecule is C=CCn1c(SCC(=O)Nc2cc([N+](=O)[O-])ccc2C)nnc1-c1ccc(Cl)cc1. The highest BCUT2D eigenvalue weighted by atomic mass is 35.5. The molecule has 0 spiro atoms. The molecule has 0 atom stereocenters. The van der Waals surface area contributed by atoms with E-state index in [2.05, 4.69) is 22.1 Å². The van der Waals surface area contributed by atoms with Crippen LogP contribution in [0, 0.1) is 17.0 Å². The van der Waals surface area contributed by atoms with Gasteiger partial charge in [0.15, 0.2) is 11.0 Å². The average Bonchev–Trinajstić information content (AvgIpc) is 3.11. The van der Waals surface area contributed by atoms with E-state index >= 15 is 0 Å². The smallest absolute Gasteiger partial charge is 0.271 e. The number of aryl methyl sites for hydroxylation is 1. The molecule has 0 saturated carbocycles. The molecule has 3 rings (SSSR count). The van der Waals surface area contributed by atoms with Crippen LogP contribution in [-0.4, -0.2) is 31.3 Å². The topological polar surface area (TPSA) is 103 Å². The molecule has 0 radical (unpaired) electrons. The van der Waals surface area contributed by atoms with Crippen LogP contribution in [0.3, 0.4) is 0 Å². The van der Waals surface area contributed by atoms with Gasteiger partial charge in [0, 0.05) is 29.3 Å². The molecule has 0 fully saturated rings. The van der Waals surface area contributed by atoms with E-state index in [0.717, 1.165) is 11.1 Å². The summed E-state index contributed by atoms with van der Waals surface area (Å²) >= 11 is 7.17. The van der Waals surface area contributed by atoms with Gasteiger partial charge >= 0.3 is 0 Å². The second kappa shape index (κ2) is 9.55. The lowest BCUT2D eigenvalue weighted by Crippen LogP contribution is -2.15. The summed E-state index contributed by atoms with van der Waals surface area (Å²) in [5.41, 5.74) is 1.90. The molecular formula is C20H18ClN5O3S. The number of nitrogens with one attached hydrogen (secondary N) is 1. The van der Waals surface area contributed by atoms with Crippen LogP contribution >= 0.6 is 23.4 Å². The van der Waals surface area contributed by atoms with Gasteiger partial charge in [-0.1, -0.05) is 35.5 Å². The average molecular weight is 444 g/mol. The van der Waals surface area contributed by atoms with Gasteiger partial charge in [-0.15, -0.1) is 16.8 Å². The van der Waals surface area contributed by atoms with Crippen LogP contribution in [0.5, 0.6) is 0 Å². The molecule has 0 aliphatic rings. The number of hydrogen-bond donors (Lipinski definition) is 1. The Morgan fingerprint density at radius 1 is 1.30 bits per heavy atom. The van der Waals surface area contributed by atoms with Crippen LogP contribution in [0.4, 0.5) is 11.4 Å². The molecule has 0 unspecified atom stereocenters. The van der Waals surface area contributed by atoms with Gasteiger partial charge in [-0.25, -0.2) is 0 Å². The summed E-state index contributed by atoms with van der Waals surface area (Å²) in [6.45, 7) is 6.01. The van der Waals surface area contributed by atoms with Crippen molar-refractivity contribution in [1.82, 2.24) is 14.8 Å². The van der Waals surface area contributed by atoms with Crippen molar-refractivity contribution in [3.8, 4) is 11.4 Å². The molecule has 2 aromatic carbocycles. The quantitative estimate of drug-likeness (QED) is 0.233. The Bertz CT molecular complexity index is 1100. The molecule has 1 amide bonds. The second-order valence-corrected chi connectivity index (χ2v) is 7.68. The van der Waals surface area contributed by atoms with E-state index in [-0.39, 0.29) is 17.3 Å². The minimum absolute atomic E-state index is 0.0675. The van der Waals surface area contributed by atoms with Crippen molar-refractivity contribution >= 4 is 40.6 Å². The van der Waals surface area contributed by atoms with E-state index in [1.54, 1.807) is 31.2 Å². The Morgan fingerprint density at radius 3 is 2.70 bits per heavy atom. The predicted octanol–water partition coefficient (Wildman–Crippen LogP) is 4.73. The van der Waals surface area contributed by atoms with Gasteiger partial charge in [-0.05, 0) is 36.8 Å². The maximum absolute atomic E-state index is 12.4. The van der Waals surface area contributed by atoms with E-state index in [1.165, 1.54) is 23.9 Å². The van der Waals surface area contributed by atoms with Crippen LogP contribution in [0.2, 0.25) is 5.02 Å². The summed E-state index contributed by atoms with van der Waals surface area (Å²) in [4.78, 5) is 22.9. The Balaban J connectivity index is 1.73. The van der Waals surface area contributed by atoms with Crippen molar-refractivity contribution in [2.24, 2.45) is 0 Å². The highest BCUT2D eigenvalue weighted by molar-refractivity contribution is 7.99. The molecule has 1 heterocycles. The van der Waals surface area contributed by atoms with E-state index in [9.17, 15) is 14.9 Å². The first-order chi connectivity index (χ1) is 14.4. The number of allylic oxidation sites excluding steroid dienone is 1. The summed E-state index contributed by atoms with van der Waals surface area (Å²) in [7, 11) is 0. The lowest BCUT2D eigenvalue weighted by molar-refractivity contribution is -0.384. The molecule has 0 aliphatic carbocycles. The first kappa shape index (κ1) is 21.5. The number of thioether (sulfide) groups is 1. The molecule has 1 N–H and O–H groups in total. The molecule has 10 heteroatoms. The Labute approximate surface area is 182 Å². The molecule has 8 nitrogen and oxygen atoms in total. The number of benzene rings is 2. The minimum atomic E-state index is -0.500. The third-order valence-corrected chi connectivity index (χ3v) is 5.39. The van der Waals surface area contributed by atoms with Crippen molar-refractivity contribution in [2.75, 3.05) is 11.1 Å². The minimum Gasteiger partial charge on any atom is -0.325 e. The number of hydrogen-bond acceptors (Lipinski definition) is 6. The maximum atomic E-state index is 12.4. The van der Waals surface area contributed by atoms with Crippen LogP contribution in [0.15, 0.2) is 60.3 Å². The van der Waals surface area contributed by atoms with Gasteiger partial charge in [-0.2, -0.15) is 0 Å². The lowest BCUT2D eigenvalue weighted by Gasteiger charge is -2.09. The van der Waals surface area contributed by atoms with Gasteiger partial charge < -0.3 is 5.32 Å². The highest BCUT2D eigenvalue weighted by Crippen LogP contribution is 2.26. The van der Waals surface area contributed by atoms with Crippen LogP contribution in [0.1, 0.15) is 5.56 Å². The van der Waals surface area contributed by atoms with Crippen molar-refractivity contribution in [3.05, 3.63) is 75.8 Å². The number of nitro benzene ring substituents is 1. The fraction of sp³-hybridized carbons (Fsp3) is 0.150. The number of non-ortho nitro benzene ring substituents is 1. The summed E-state index contributed by atoms with van der Waals surface area (Å²) in [6.07, 6.45) is 1.72. The number of halogens is 1.